The number of nitrogens with two attached hydrogens (primary N) is 1. The van der Waals surface area contributed by atoms with Crippen molar-refractivity contribution in [1.29, 1.82) is 0 Å². The van der Waals surface area contributed by atoms with E-state index in [2.05, 4.69) is 16.8 Å². The maximum Gasteiger partial charge on any atom is 0.254 e. The first-order valence-electron chi connectivity index (χ1n) is 11.8. The van der Waals surface area contributed by atoms with E-state index in [-0.39, 0.29) is 12.1 Å². The monoisotopic (exact) mass is 459 g/mol. The molecule has 178 valence electrons. The molecule has 3 aromatic rings. The van der Waals surface area contributed by atoms with E-state index in [0.29, 0.717) is 22.8 Å². The van der Waals surface area contributed by atoms with E-state index in [9.17, 15) is 4.79 Å². The van der Waals surface area contributed by atoms with Gasteiger partial charge >= 0.3 is 0 Å². The van der Waals surface area contributed by atoms with Crippen LogP contribution in [0.15, 0.2) is 67.3 Å². The van der Waals surface area contributed by atoms with Gasteiger partial charge in [0.1, 0.15) is 28.6 Å². The molecule has 1 aromatic heterocycles. The third-order valence-electron chi connectivity index (χ3n) is 5.90. The highest BCUT2D eigenvalue weighted by Crippen LogP contribution is 2.35. The number of hydrogen-bond donors (Lipinski definition) is 2. The average molecular weight is 460 g/mol. The van der Waals surface area contributed by atoms with Crippen LogP contribution in [0.25, 0.3) is 11.3 Å². The van der Waals surface area contributed by atoms with Gasteiger partial charge in [-0.15, -0.1) is 6.58 Å². The Hall–Kier alpha value is -3.58. The second kappa shape index (κ2) is 10.6. The van der Waals surface area contributed by atoms with Crippen molar-refractivity contribution in [3.8, 4) is 22.8 Å². The molecule has 1 saturated heterocycles. The molecular weight excluding hydrogens is 426 g/mol. The zero-order chi connectivity index (χ0) is 24.1. The lowest BCUT2D eigenvalue weighted by Gasteiger charge is -2.33. The summed E-state index contributed by atoms with van der Waals surface area (Å²) >= 11 is 0. The number of benzene rings is 2. The van der Waals surface area contributed by atoms with Gasteiger partial charge < -0.3 is 15.8 Å². The van der Waals surface area contributed by atoms with Gasteiger partial charge in [0, 0.05) is 24.7 Å². The summed E-state index contributed by atoms with van der Waals surface area (Å²) in [7, 11) is 0. The third kappa shape index (κ3) is 5.31. The predicted octanol–water partition coefficient (Wildman–Crippen LogP) is 5.08. The van der Waals surface area contributed by atoms with Crippen molar-refractivity contribution in [2.45, 2.75) is 38.8 Å². The van der Waals surface area contributed by atoms with Crippen LogP contribution in [0.2, 0.25) is 0 Å². The number of rotatable bonds is 9. The Kier molecular flexibility index (Phi) is 7.33. The maximum atomic E-state index is 12.6. The third-order valence-corrected chi connectivity index (χ3v) is 5.90. The summed E-state index contributed by atoms with van der Waals surface area (Å²) in [6, 6.07) is 17.5. The lowest BCUT2D eigenvalue weighted by Crippen LogP contribution is -2.37. The Balaban J connectivity index is 1.70. The van der Waals surface area contributed by atoms with Crippen LogP contribution >= 0.6 is 0 Å². The van der Waals surface area contributed by atoms with Crippen LogP contribution in [0.3, 0.4) is 0 Å². The molecule has 1 amide bonds. The minimum absolute atomic E-state index is 0.121. The van der Waals surface area contributed by atoms with E-state index in [1.807, 2.05) is 79.2 Å². The fraction of sp³-hybridized carbons (Fsp3) is 0.333. The van der Waals surface area contributed by atoms with Gasteiger partial charge in [-0.3, -0.25) is 9.69 Å². The number of para-hydroxylation sites is 1. The number of ether oxygens (including phenoxy) is 1. The normalized spacial score (nSPS) is 16.4. The molecule has 0 saturated carbocycles. The summed E-state index contributed by atoms with van der Waals surface area (Å²) in [4.78, 5) is 15.0. The fourth-order valence-electron chi connectivity index (χ4n) is 4.43. The van der Waals surface area contributed by atoms with Crippen LogP contribution in [0.4, 0.5) is 5.82 Å². The number of nitrogens with one attached hydrogen (secondary N) is 1. The highest BCUT2D eigenvalue weighted by molar-refractivity contribution is 6.03. The summed E-state index contributed by atoms with van der Waals surface area (Å²) in [6.07, 6.45) is 3.98. The average Bonchev–Trinajstić information content (AvgIpc) is 3.19. The Morgan fingerprint density at radius 3 is 2.56 bits per heavy atom. The Labute approximate surface area is 201 Å². The molecule has 0 radical (unpaired) electrons. The zero-order valence-electron chi connectivity index (χ0n) is 19.9. The molecule has 1 aliphatic rings. The standard InChI is InChI=1S/C27H33N5O2/c1-4-16-31-17-8-9-21(18-31)32-27(29-19(2)3)24(26(28)33)25(30-32)20-12-14-23(15-13-20)34-22-10-6-5-7-11-22/h4-7,10-15,19,21,29H,1,8-9,16-18H2,2-3H3,(H2,28,33). The largest absolute Gasteiger partial charge is 0.457 e. The van der Waals surface area contributed by atoms with Gasteiger partial charge in [-0.2, -0.15) is 5.10 Å². The maximum absolute atomic E-state index is 12.6. The SMILES string of the molecule is C=CCN1CCCC(n2nc(-c3ccc(Oc4ccccc4)cc3)c(C(N)=O)c2NC(C)C)C1. The molecule has 2 heterocycles. The number of anilines is 1. The minimum Gasteiger partial charge on any atom is -0.457 e. The van der Waals surface area contributed by atoms with Gasteiger partial charge in [-0.1, -0.05) is 24.3 Å². The van der Waals surface area contributed by atoms with Gasteiger partial charge in [-0.25, -0.2) is 4.68 Å². The van der Waals surface area contributed by atoms with Crippen molar-refractivity contribution in [3.05, 3.63) is 72.8 Å². The number of aromatic nitrogens is 2. The van der Waals surface area contributed by atoms with Crippen LogP contribution in [0.5, 0.6) is 11.5 Å². The van der Waals surface area contributed by atoms with Crippen LogP contribution in [-0.2, 0) is 0 Å². The molecule has 1 aliphatic heterocycles. The highest BCUT2D eigenvalue weighted by Gasteiger charge is 2.29. The number of likely N-dealkylation sites (tertiary alicyclic amines) is 1. The first-order valence-corrected chi connectivity index (χ1v) is 11.8. The lowest BCUT2D eigenvalue weighted by atomic mass is 10.0. The topological polar surface area (TPSA) is 85.4 Å². The van der Waals surface area contributed by atoms with Gasteiger partial charge in [0.05, 0.1) is 6.04 Å². The Morgan fingerprint density at radius 1 is 1.21 bits per heavy atom. The number of carbonyl (C=O) groups is 1. The van der Waals surface area contributed by atoms with E-state index >= 15 is 0 Å². The summed E-state index contributed by atoms with van der Waals surface area (Å²) in [5.74, 6) is 1.67. The molecule has 0 spiro atoms. The molecule has 2 aromatic carbocycles. The van der Waals surface area contributed by atoms with E-state index in [1.54, 1.807) is 0 Å². The quantitative estimate of drug-likeness (QED) is 0.436. The van der Waals surface area contributed by atoms with Gasteiger partial charge in [-0.05, 0) is 69.6 Å². The van der Waals surface area contributed by atoms with Crippen molar-refractivity contribution in [3.63, 3.8) is 0 Å². The molecule has 7 heteroatoms. The van der Waals surface area contributed by atoms with Crippen molar-refractivity contribution < 1.29 is 9.53 Å². The molecule has 3 N–H and O–H groups in total. The number of carbonyl (C=O) groups excluding carboxylic acids is 1. The van der Waals surface area contributed by atoms with Gasteiger partial charge in [0.2, 0.25) is 0 Å². The highest BCUT2D eigenvalue weighted by atomic mass is 16.5. The summed E-state index contributed by atoms with van der Waals surface area (Å²) in [6.45, 7) is 10.7. The van der Waals surface area contributed by atoms with E-state index in [0.717, 1.165) is 43.8 Å². The molecule has 7 nitrogen and oxygen atoms in total. The molecule has 4 rings (SSSR count). The summed E-state index contributed by atoms with van der Waals surface area (Å²) < 4.78 is 7.89. The summed E-state index contributed by atoms with van der Waals surface area (Å²) in [5, 5.41) is 8.38. The Morgan fingerprint density at radius 2 is 1.91 bits per heavy atom. The number of primary amides is 1. The molecule has 1 unspecified atom stereocenters. The second-order valence-corrected chi connectivity index (χ2v) is 8.96. The van der Waals surface area contributed by atoms with Crippen LogP contribution in [0, 0.1) is 0 Å². The van der Waals surface area contributed by atoms with Crippen molar-refractivity contribution in [1.82, 2.24) is 14.7 Å². The van der Waals surface area contributed by atoms with Crippen LogP contribution in [-0.4, -0.2) is 46.3 Å². The number of piperidine rings is 1. The molecular formula is C27H33N5O2. The zero-order valence-corrected chi connectivity index (χ0v) is 19.9. The minimum atomic E-state index is -0.493. The number of hydrogen-bond acceptors (Lipinski definition) is 5. The van der Waals surface area contributed by atoms with Gasteiger partial charge in [0.25, 0.3) is 5.91 Å². The molecule has 1 fully saturated rings. The Bertz CT molecular complexity index is 1120. The smallest absolute Gasteiger partial charge is 0.254 e. The van der Waals surface area contributed by atoms with Gasteiger partial charge in [0.15, 0.2) is 0 Å². The number of nitrogens with zero attached hydrogens (tertiary/aromatic N) is 3. The van der Waals surface area contributed by atoms with Crippen molar-refractivity contribution >= 4 is 11.7 Å². The van der Waals surface area contributed by atoms with E-state index < -0.39 is 5.91 Å². The van der Waals surface area contributed by atoms with E-state index in [1.165, 1.54) is 0 Å². The summed E-state index contributed by atoms with van der Waals surface area (Å²) in [5.41, 5.74) is 7.72. The van der Waals surface area contributed by atoms with Crippen molar-refractivity contribution in [2.75, 3.05) is 25.0 Å². The lowest BCUT2D eigenvalue weighted by molar-refractivity contribution is 0.100. The first-order chi connectivity index (χ1) is 16.5. The molecule has 1 atom stereocenters. The van der Waals surface area contributed by atoms with Crippen molar-refractivity contribution in [2.24, 2.45) is 5.73 Å². The molecule has 0 aliphatic carbocycles. The second-order valence-electron chi connectivity index (χ2n) is 8.96. The molecule has 34 heavy (non-hydrogen) atoms. The predicted molar refractivity (Wildman–Crippen MR) is 136 cm³/mol. The van der Waals surface area contributed by atoms with Crippen LogP contribution < -0.4 is 15.8 Å². The number of amides is 1. The molecule has 0 bridgehead atoms. The first kappa shape index (κ1) is 23.6. The van der Waals surface area contributed by atoms with E-state index in [4.69, 9.17) is 15.6 Å². The fourth-order valence-corrected chi connectivity index (χ4v) is 4.43. The van der Waals surface area contributed by atoms with Crippen LogP contribution in [0.1, 0.15) is 43.1 Å².